The second-order valence-corrected chi connectivity index (χ2v) is 9.05. The van der Waals surface area contributed by atoms with Crippen molar-refractivity contribution in [3.05, 3.63) is 54.2 Å². The number of anilines is 1. The summed E-state index contributed by atoms with van der Waals surface area (Å²) in [5, 5.41) is 15.7. The smallest absolute Gasteiger partial charge is 0.186 e. The van der Waals surface area contributed by atoms with Crippen molar-refractivity contribution in [2.75, 3.05) is 18.0 Å². The van der Waals surface area contributed by atoms with Crippen LogP contribution < -0.4 is 4.90 Å². The van der Waals surface area contributed by atoms with E-state index in [2.05, 4.69) is 41.2 Å². The Kier molecular flexibility index (Phi) is 4.76. The van der Waals surface area contributed by atoms with Gasteiger partial charge in [-0.3, -0.25) is 4.68 Å². The maximum absolute atomic E-state index is 9.15. The number of nitriles is 1. The monoisotopic (exact) mass is 413 g/mol. The Balaban J connectivity index is 1.62. The van der Waals surface area contributed by atoms with Crippen molar-refractivity contribution < 1.29 is 0 Å². The number of aromatic nitrogens is 3. The van der Waals surface area contributed by atoms with Crippen molar-refractivity contribution in [3.63, 3.8) is 0 Å². The van der Waals surface area contributed by atoms with E-state index in [9.17, 15) is 0 Å². The Morgan fingerprint density at radius 1 is 1.07 bits per heavy atom. The molecule has 0 unspecified atom stereocenters. The molecule has 6 heteroatoms. The third-order valence-electron chi connectivity index (χ3n) is 5.97. The van der Waals surface area contributed by atoms with E-state index in [0.717, 1.165) is 51.9 Å². The molecule has 0 bridgehead atoms. The van der Waals surface area contributed by atoms with Crippen LogP contribution in [0.15, 0.2) is 48.7 Å². The first-order valence-electron chi connectivity index (χ1n) is 10.3. The highest BCUT2D eigenvalue weighted by molar-refractivity contribution is 7.19. The van der Waals surface area contributed by atoms with E-state index in [1.54, 1.807) is 11.3 Å². The molecule has 0 spiro atoms. The molecule has 0 amide bonds. The molecule has 2 aromatic carbocycles. The Morgan fingerprint density at radius 3 is 2.53 bits per heavy atom. The number of rotatable bonds is 3. The second-order valence-electron chi connectivity index (χ2n) is 8.07. The van der Waals surface area contributed by atoms with Gasteiger partial charge in [0.15, 0.2) is 5.13 Å². The summed E-state index contributed by atoms with van der Waals surface area (Å²) in [6.07, 6.45) is 4.33. The summed E-state index contributed by atoms with van der Waals surface area (Å²) >= 11 is 1.76. The molecule has 0 saturated carbocycles. The van der Waals surface area contributed by atoms with E-state index in [1.165, 1.54) is 17.7 Å². The minimum absolute atomic E-state index is 0.664. The van der Waals surface area contributed by atoms with Gasteiger partial charge in [-0.25, -0.2) is 4.98 Å². The summed E-state index contributed by atoms with van der Waals surface area (Å²) < 4.78 is 1.90. The third kappa shape index (κ3) is 3.35. The zero-order valence-corrected chi connectivity index (χ0v) is 18.0. The average molecular weight is 414 g/mol. The lowest BCUT2D eigenvalue weighted by Crippen LogP contribution is -2.32. The molecule has 2 aromatic heterocycles. The van der Waals surface area contributed by atoms with Crippen molar-refractivity contribution in [3.8, 4) is 27.8 Å². The summed E-state index contributed by atoms with van der Waals surface area (Å²) in [5.74, 6) is 0.784. The molecule has 30 heavy (non-hydrogen) atoms. The highest BCUT2D eigenvalue weighted by Crippen LogP contribution is 2.42. The topological polar surface area (TPSA) is 57.7 Å². The summed E-state index contributed by atoms with van der Waals surface area (Å²) in [6.45, 7) is 4.45. The number of benzene rings is 2. The van der Waals surface area contributed by atoms with Crippen LogP contribution in [0, 0.1) is 17.2 Å². The van der Waals surface area contributed by atoms with E-state index in [1.807, 2.05) is 42.2 Å². The summed E-state index contributed by atoms with van der Waals surface area (Å²) in [5.41, 5.74) is 4.97. The van der Waals surface area contributed by atoms with Crippen LogP contribution >= 0.6 is 11.3 Å². The molecular formula is C24H23N5S. The molecule has 3 heterocycles. The van der Waals surface area contributed by atoms with Crippen LogP contribution in [0.1, 0.15) is 25.3 Å². The number of thiazole rings is 1. The van der Waals surface area contributed by atoms with E-state index in [0.29, 0.717) is 5.56 Å². The first-order chi connectivity index (χ1) is 14.6. The molecule has 1 saturated heterocycles. The van der Waals surface area contributed by atoms with E-state index in [-0.39, 0.29) is 0 Å². The first-order valence-corrected chi connectivity index (χ1v) is 11.1. The molecule has 1 aliphatic heterocycles. The lowest BCUT2D eigenvalue weighted by molar-refractivity contribution is 0.438. The fourth-order valence-corrected chi connectivity index (χ4v) is 5.18. The number of fused-ring (bicyclic) bond motifs is 1. The second kappa shape index (κ2) is 7.58. The number of aryl methyl sites for hydroxylation is 1. The van der Waals surface area contributed by atoms with E-state index in [4.69, 9.17) is 10.2 Å². The lowest BCUT2D eigenvalue weighted by atomic mass is 10.00. The lowest BCUT2D eigenvalue weighted by Gasteiger charge is -2.29. The standard InChI is InChI=1S/C24H23N5S/c1-16-9-11-29(12-10-16)24-27-22(18-5-3-17(14-25)4-6-18)23(30-24)19-7-8-21-20(13-19)15-26-28(21)2/h3-8,13,15-16H,9-12H2,1-2H3. The molecule has 0 N–H and O–H groups in total. The minimum Gasteiger partial charge on any atom is -0.348 e. The molecule has 0 atom stereocenters. The van der Waals surface area contributed by atoms with Crippen LogP contribution in [0.2, 0.25) is 0 Å². The fourth-order valence-electron chi connectivity index (χ4n) is 4.04. The van der Waals surface area contributed by atoms with Crippen molar-refractivity contribution in [1.82, 2.24) is 14.8 Å². The average Bonchev–Trinajstić information content (AvgIpc) is 3.38. The Hall–Kier alpha value is -3.17. The van der Waals surface area contributed by atoms with Crippen LogP contribution in [-0.2, 0) is 7.05 Å². The largest absolute Gasteiger partial charge is 0.348 e. The van der Waals surface area contributed by atoms with Crippen molar-refractivity contribution in [2.45, 2.75) is 19.8 Å². The van der Waals surface area contributed by atoms with Gasteiger partial charge in [0.2, 0.25) is 0 Å². The summed E-state index contributed by atoms with van der Waals surface area (Å²) in [6, 6.07) is 16.4. The van der Waals surface area contributed by atoms with E-state index >= 15 is 0 Å². The molecule has 4 aromatic rings. The van der Waals surface area contributed by atoms with Gasteiger partial charge in [-0.05, 0) is 48.6 Å². The van der Waals surface area contributed by atoms with Crippen LogP contribution in [0.4, 0.5) is 5.13 Å². The minimum atomic E-state index is 0.664. The SMILES string of the molecule is CC1CCN(c2nc(-c3ccc(C#N)cc3)c(-c3ccc4c(cnn4C)c3)s2)CC1. The Bertz CT molecular complexity index is 1240. The Morgan fingerprint density at radius 2 is 1.80 bits per heavy atom. The van der Waals surface area contributed by atoms with E-state index < -0.39 is 0 Å². The molecule has 1 aliphatic rings. The highest BCUT2D eigenvalue weighted by atomic mass is 32.1. The molecule has 0 aliphatic carbocycles. The maximum atomic E-state index is 9.15. The van der Waals surface area contributed by atoms with Gasteiger partial charge in [0, 0.05) is 31.1 Å². The van der Waals surface area contributed by atoms with Gasteiger partial charge in [0.1, 0.15) is 0 Å². The summed E-state index contributed by atoms with van der Waals surface area (Å²) in [4.78, 5) is 8.67. The third-order valence-corrected chi connectivity index (χ3v) is 7.13. The van der Waals surface area contributed by atoms with Crippen molar-refractivity contribution in [1.29, 1.82) is 5.26 Å². The molecule has 0 radical (unpaired) electrons. The fraction of sp³-hybridized carbons (Fsp3) is 0.292. The van der Waals surface area contributed by atoms with Gasteiger partial charge >= 0.3 is 0 Å². The zero-order valence-electron chi connectivity index (χ0n) is 17.2. The highest BCUT2D eigenvalue weighted by Gasteiger charge is 2.22. The number of nitrogens with zero attached hydrogens (tertiary/aromatic N) is 5. The van der Waals surface area contributed by atoms with Gasteiger partial charge in [-0.1, -0.05) is 36.5 Å². The van der Waals surface area contributed by atoms with Crippen molar-refractivity contribution >= 4 is 27.4 Å². The molecule has 5 nitrogen and oxygen atoms in total. The summed E-state index contributed by atoms with van der Waals surface area (Å²) in [7, 11) is 1.96. The van der Waals surface area contributed by atoms with Gasteiger partial charge < -0.3 is 4.90 Å². The van der Waals surface area contributed by atoms with Gasteiger partial charge in [0.25, 0.3) is 0 Å². The number of piperidine rings is 1. The quantitative estimate of drug-likeness (QED) is 0.447. The zero-order chi connectivity index (χ0) is 20.7. The van der Waals surface area contributed by atoms with Gasteiger partial charge in [-0.15, -0.1) is 0 Å². The van der Waals surface area contributed by atoms with Gasteiger partial charge in [-0.2, -0.15) is 10.4 Å². The molecular weight excluding hydrogens is 390 g/mol. The number of hydrogen-bond acceptors (Lipinski definition) is 5. The van der Waals surface area contributed by atoms with Crippen LogP contribution in [-0.4, -0.2) is 27.9 Å². The van der Waals surface area contributed by atoms with Crippen molar-refractivity contribution in [2.24, 2.45) is 13.0 Å². The molecule has 5 rings (SSSR count). The predicted molar refractivity (Wildman–Crippen MR) is 123 cm³/mol. The molecule has 150 valence electrons. The van der Waals surface area contributed by atoms with Crippen LogP contribution in [0.5, 0.6) is 0 Å². The predicted octanol–water partition coefficient (Wildman–Crippen LogP) is 5.47. The van der Waals surface area contributed by atoms with Crippen LogP contribution in [0.25, 0.3) is 32.6 Å². The maximum Gasteiger partial charge on any atom is 0.186 e. The Labute approximate surface area is 180 Å². The van der Waals surface area contributed by atoms with Crippen LogP contribution in [0.3, 0.4) is 0 Å². The van der Waals surface area contributed by atoms with Gasteiger partial charge in [0.05, 0.1) is 33.9 Å². The normalized spacial score (nSPS) is 14.9. The number of hydrogen-bond donors (Lipinski definition) is 0. The molecule has 1 fully saturated rings. The first kappa shape index (κ1) is 18.8.